The molecular weight excluding hydrogens is 340 g/mol. The van der Waals surface area contributed by atoms with Gasteiger partial charge in [0.1, 0.15) is 5.75 Å². The Morgan fingerprint density at radius 1 is 1.31 bits per heavy atom. The third-order valence-corrected chi connectivity index (χ3v) is 3.38. The summed E-state index contributed by atoms with van der Waals surface area (Å²) in [4.78, 5) is 0. The lowest BCUT2D eigenvalue weighted by atomic mass is 10.2. The van der Waals surface area contributed by atoms with Crippen molar-refractivity contribution in [3.63, 3.8) is 0 Å². The van der Waals surface area contributed by atoms with Crippen LogP contribution in [0.4, 0.5) is 0 Å². The minimum absolute atomic E-state index is 0.276. The van der Waals surface area contributed by atoms with Gasteiger partial charge in [-0.05, 0) is 22.0 Å². The van der Waals surface area contributed by atoms with Crippen LogP contribution in [-0.4, -0.2) is 25.2 Å². The fourth-order valence-corrected chi connectivity index (χ4v) is 2.24. The van der Waals surface area contributed by atoms with Crippen LogP contribution in [-0.2, 0) is 9.47 Å². The van der Waals surface area contributed by atoms with Crippen LogP contribution in [0, 0.1) is 0 Å². The number of hydrogen-bond donors (Lipinski definition) is 0. The molecule has 0 bridgehead atoms. The van der Waals surface area contributed by atoms with E-state index in [4.69, 9.17) is 14.2 Å². The van der Waals surface area contributed by atoms with Crippen LogP contribution in [0.25, 0.3) is 0 Å². The smallest absolute Gasteiger partial charge is 0.185 e. The maximum Gasteiger partial charge on any atom is 0.185 e. The van der Waals surface area contributed by atoms with Gasteiger partial charge in [0.2, 0.25) is 0 Å². The van der Waals surface area contributed by atoms with Crippen LogP contribution in [0.3, 0.4) is 0 Å². The predicted octanol–water partition coefficient (Wildman–Crippen LogP) is 3.27. The van der Waals surface area contributed by atoms with E-state index in [1.807, 2.05) is 18.2 Å². The largest absolute Gasteiger partial charge is 0.492 e. The van der Waals surface area contributed by atoms with Gasteiger partial charge in [-0.1, -0.05) is 28.1 Å². The standard InChI is InChI=1S/C11H12Br2O3/c12-4-5-14-9-3-1-2-8(10(9)13)11-15-6-7-16-11/h1-3,11H,4-7H2. The summed E-state index contributed by atoms with van der Waals surface area (Å²) in [5.74, 6) is 0.816. The third-order valence-electron chi connectivity index (χ3n) is 2.20. The SMILES string of the molecule is BrCCOc1cccc(C2OCCO2)c1Br. The minimum atomic E-state index is -0.276. The quantitative estimate of drug-likeness (QED) is 0.779. The summed E-state index contributed by atoms with van der Waals surface area (Å²) < 4.78 is 17.4. The van der Waals surface area contributed by atoms with Crippen molar-refractivity contribution < 1.29 is 14.2 Å². The van der Waals surface area contributed by atoms with Crippen LogP contribution in [0.15, 0.2) is 22.7 Å². The number of alkyl halides is 1. The lowest BCUT2D eigenvalue weighted by Gasteiger charge is -2.14. The molecule has 0 spiro atoms. The van der Waals surface area contributed by atoms with Crippen molar-refractivity contribution in [3.05, 3.63) is 28.2 Å². The van der Waals surface area contributed by atoms with E-state index in [1.165, 1.54) is 0 Å². The van der Waals surface area contributed by atoms with Gasteiger partial charge in [-0.3, -0.25) is 0 Å². The van der Waals surface area contributed by atoms with Gasteiger partial charge in [0, 0.05) is 10.9 Å². The van der Waals surface area contributed by atoms with Gasteiger partial charge in [0.25, 0.3) is 0 Å². The zero-order chi connectivity index (χ0) is 11.4. The minimum Gasteiger partial charge on any atom is -0.492 e. The molecule has 5 heteroatoms. The zero-order valence-corrected chi connectivity index (χ0v) is 11.8. The summed E-state index contributed by atoms with van der Waals surface area (Å²) in [5.41, 5.74) is 0.976. The Balaban J connectivity index is 2.18. The first-order valence-electron chi connectivity index (χ1n) is 5.03. The van der Waals surface area contributed by atoms with E-state index < -0.39 is 0 Å². The second-order valence-corrected chi connectivity index (χ2v) is 4.86. The molecule has 0 amide bonds. The van der Waals surface area contributed by atoms with Crippen molar-refractivity contribution in [1.82, 2.24) is 0 Å². The monoisotopic (exact) mass is 350 g/mol. The summed E-state index contributed by atoms with van der Waals surface area (Å²) in [7, 11) is 0. The highest BCUT2D eigenvalue weighted by molar-refractivity contribution is 9.10. The molecule has 0 atom stereocenters. The summed E-state index contributed by atoms with van der Waals surface area (Å²) in [5, 5.41) is 0.806. The molecule has 1 fully saturated rings. The Morgan fingerprint density at radius 3 is 2.75 bits per heavy atom. The molecule has 0 aliphatic carbocycles. The molecule has 1 aromatic carbocycles. The van der Waals surface area contributed by atoms with Gasteiger partial charge in [-0.2, -0.15) is 0 Å². The summed E-state index contributed by atoms with van der Waals surface area (Å²) in [6, 6.07) is 5.83. The van der Waals surface area contributed by atoms with Crippen molar-refractivity contribution in [2.24, 2.45) is 0 Å². The molecule has 0 radical (unpaired) electrons. The molecule has 0 unspecified atom stereocenters. The van der Waals surface area contributed by atoms with Gasteiger partial charge >= 0.3 is 0 Å². The molecule has 0 saturated carbocycles. The average molecular weight is 352 g/mol. The van der Waals surface area contributed by atoms with Crippen LogP contribution < -0.4 is 4.74 Å². The Bertz CT molecular complexity index is 351. The second-order valence-electron chi connectivity index (χ2n) is 3.27. The van der Waals surface area contributed by atoms with Crippen molar-refractivity contribution >= 4 is 31.9 Å². The van der Waals surface area contributed by atoms with Crippen molar-refractivity contribution in [2.45, 2.75) is 6.29 Å². The lowest BCUT2D eigenvalue weighted by Crippen LogP contribution is -2.03. The number of hydrogen-bond acceptors (Lipinski definition) is 3. The second kappa shape index (κ2) is 6.00. The van der Waals surface area contributed by atoms with Crippen molar-refractivity contribution in [1.29, 1.82) is 0 Å². The van der Waals surface area contributed by atoms with Crippen molar-refractivity contribution in [3.8, 4) is 5.75 Å². The molecule has 1 aliphatic heterocycles. The fourth-order valence-electron chi connectivity index (χ4n) is 1.51. The maximum atomic E-state index is 5.58. The third kappa shape index (κ3) is 2.77. The van der Waals surface area contributed by atoms with E-state index >= 15 is 0 Å². The highest BCUT2D eigenvalue weighted by Crippen LogP contribution is 2.35. The maximum absolute atomic E-state index is 5.58. The first-order chi connectivity index (χ1) is 7.83. The highest BCUT2D eigenvalue weighted by Gasteiger charge is 2.22. The molecule has 1 heterocycles. The van der Waals surface area contributed by atoms with Crippen LogP contribution in [0.5, 0.6) is 5.75 Å². The topological polar surface area (TPSA) is 27.7 Å². The number of rotatable bonds is 4. The van der Waals surface area contributed by atoms with E-state index in [9.17, 15) is 0 Å². The Morgan fingerprint density at radius 2 is 2.06 bits per heavy atom. The van der Waals surface area contributed by atoms with E-state index in [-0.39, 0.29) is 6.29 Å². The van der Waals surface area contributed by atoms with Gasteiger partial charge in [0.05, 0.1) is 24.3 Å². The highest BCUT2D eigenvalue weighted by atomic mass is 79.9. The first-order valence-corrected chi connectivity index (χ1v) is 6.94. The molecule has 1 aliphatic rings. The normalized spacial score (nSPS) is 16.6. The lowest BCUT2D eigenvalue weighted by molar-refractivity contribution is -0.0447. The molecule has 1 saturated heterocycles. The van der Waals surface area contributed by atoms with E-state index in [2.05, 4.69) is 31.9 Å². The Kier molecular flexibility index (Phi) is 4.64. The number of benzene rings is 1. The predicted molar refractivity (Wildman–Crippen MR) is 68.1 cm³/mol. The molecule has 2 rings (SSSR count). The average Bonchev–Trinajstić information content (AvgIpc) is 2.81. The summed E-state index contributed by atoms with van der Waals surface area (Å²) in [6.07, 6.45) is -0.276. The fraction of sp³-hybridized carbons (Fsp3) is 0.455. The summed E-state index contributed by atoms with van der Waals surface area (Å²) in [6.45, 7) is 1.92. The van der Waals surface area contributed by atoms with Crippen LogP contribution in [0.1, 0.15) is 11.9 Å². The molecule has 0 aromatic heterocycles. The van der Waals surface area contributed by atoms with Gasteiger partial charge in [0.15, 0.2) is 6.29 Å². The zero-order valence-electron chi connectivity index (χ0n) is 8.62. The van der Waals surface area contributed by atoms with E-state index in [0.717, 1.165) is 21.1 Å². The number of halogens is 2. The van der Waals surface area contributed by atoms with Crippen LogP contribution >= 0.6 is 31.9 Å². The first kappa shape index (κ1) is 12.4. The molecule has 0 N–H and O–H groups in total. The number of ether oxygens (including phenoxy) is 3. The Hall–Kier alpha value is -0.100. The summed E-state index contributed by atoms with van der Waals surface area (Å²) >= 11 is 6.85. The molecule has 3 nitrogen and oxygen atoms in total. The van der Waals surface area contributed by atoms with Gasteiger partial charge in [-0.25, -0.2) is 0 Å². The van der Waals surface area contributed by atoms with Crippen LogP contribution in [0.2, 0.25) is 0 Å². The van der Waals surface area contributed by atoms with Crippen molar-refractivity contribution in [2.75, 3.05) is 25.2 Å². The van der Waals surface area contributed by atoms with E-state index in [0.29, 0.717) is 19.8 Å². The molecule has 1 aromatic rings. The molecule has 88 valence electrons. The molecular formula is C11H12Br2O3. The molecule has 16 heavy (non-hydrogen) atoms. The Labute approximate surface area is 111 Å². The van der Waals surface area contributed by atoms with Gasteiger partial charge in [-0.15, -0.1) is 0 Å². The van der Waals surface area contributed by atoms with Gasteiger partial charge < -0.3 is 14.2 Å². The van der Waals surface area contributed by atoms with E-state index in [1.54, 1.807) is 0 Å².